The number of ether oxygens (including phenoxy) is 1. The second kappa shape index (κ2) is 9.44. The molecule has 0 unspecified atom stereocenters. The SMILES string of the molecule is CNC(=O)c1nn(C)c2cc(N(CC(=O)OC(C)(C)C)S(=O)(=O)c3cc(Cl)cc(Cl)c3)ccc12. The number of rotatable bonds is 6. The van der Waals surface area contributed by atoms with Gasteiger partial charge in [-0.15, -0.1) is 0 Å². The molecule has 2 aromatic carbocycles. The number of hydrogen-bond donors (Lipinski definition) is 1. The van der Waals surface area contributed by atoms with E-state index in [0.717, 1.165) is 4.31 Å². The number of anilines is 1. The van der Waals surface area contributed by atoms with Crippen molar-refractivity contribution in [1.82, 2.24) is 15.1 Å². The first-order valence-corrected chi connectivity index (χ1v) is 12.3. The zero-order chi connectivity index (χ0) is 25.4. The van der Waals surface area contributed by atoms with Gasteiger partial charge in [0.2, 0.25) is 0 Å². The molecule has 0 aliphatic heterocycles. The Kier molecular flexibility index (Phi) is 7.16. The highest BCUT2D eigenvalue weighted by molar-refractivity contribution is 7.92. The van der Waals surface area contributed by atoms with Crippen LogP contribution in [-0.2, 0) is 26.6 Å². The fourth-order valence-corrected chi connectivity index (χ4v) is 5.43. The molecule has 182 valence electrons. The number of fused-ring (bicyclic) bond motifs is 1. The van der Waals surface area contributed by atoms with Crippen LogP contribution in [0.25, 0.3) is 10.9 Å². The minimum Gasteiger partial charge on any atom is -0.459 e. The van der Waals surface area contributed by atoms with E-state index in [0.29, 0.717) is 10.9 Å². The van der Waals surface area contributed by atoms with Crippen LogP contribution in [0.5, 0.6) is 0 Å². The van der Waals surface area contributed by atoms with E-state index in [1.165, 1.54) is 42.1 Å². The third kappa shape index (κ3) is 5.45. The fraction of sp³-hybridized carbons (Fsp3) is 0.318. The number of esters is 1. The van der Waals surface area contributed by atoms with Crippen LogP contribution in [0.2, 0.25) is 10.0 Å². The molecule has 0 fully saturated rings. The van der Waals surface area contributed by atoms with E-state index in [1.54, 1.807) is 33.9 Å². The molecule has 0 saturated carbocycles. The van der Waals surface area contributed by atoms with Crippen LogP contribution in [0.15, 0.2) is 41.3 Å². The summed E-state index contributed by atoms with van der Waals surface area (Å²) >= 11 is 12.1. The van der Waals surface area contributed by atoms with E-state index in [4.69, 9.17) is 27.9 Å². The minimum atomic E-state index is -4.29. The van der Waals surface area contributed by atoms with Gasteiger partial charge < -0.3 is 10.1 Å². The highest BCUT2D eigenvalue weighted by atomic mass is 35.5. The Labute approximate surface area is 207 Å². The number of nitrogens with one attached hydrogen (secondary N) is 1. The van der Waals surface area contributed by atoms with Crippen LogP contribution in [0.3, 0.4) is 0 Å². The first-order valence-electron chi connectivity index (χ1n) is 10.1. The molecule has 1 N–H and O–H groups in total. The number of amides is 1. The standard InChI is InChI=1S/C22H24Cl2N4O5S/c1-22(2,3)33-19(29)12-28(34(31,32)16-9-13(23)8-14(24)10-16)15-6-7-17-18(11-15)27(5)26-20(17)21(30)25-4/h6-11H,12H2,1-5H3,(H,25,30). The summed E-state index contributed by atoms with van der Waals surface area (Å²) in [6, 6.07) is 8.49. The van der Waals surface area contributed by atoms with Gasteiger partial charge in [0.25, 0.3) is 15.9 Å². The molecule has 0 radical (unpaired) electrons. The van der Waals surface area contributed by atoms with Gasteiger partial charge in [0, 0.05) is 29.5 Å². The van der Waals surface area contributed by atoms with Gasteiger partial charge in [0.05, 0.1) is 16.1 Å². The van der Waals surface area contributed by atoms with Crippen LogP contribution in [-0.4, -0.2) is 49.3 Å². The molecular formula is C22H24Cl2N4O5S. The summed E-state index contributed by atoms with van der Waals surface area (Å²) in [4.78, 5) is 24.6. The molecule has 0 atom stereocenters. The lowest BCUT2D eigenvalue weighted by atomic mass is 10.2. The van der Waals surface area contributed by atoms with E-state index in [9.17, 15) is 18.0 Å². The summed E-state index contributed by atoms with van der Waals surface area (Å²) in [5.74, 6) is -1.13. The average Bonchev–Trinajstić information content (AvgIpc) is 3.05. The molecule has 0 aliphatic rings. The molecule has 1 heterocycles. The lowest BCUT2D eigenvalue weighted by Crippen LogP contribution is -2.39. The molecule has 1 aromatic heterocycles. The number of carbonyl (C=O) groups excluding carboxylic acids is 2. The van der Waals surface area contributed by atoms with E-state index in [1.807, 2.05) is 0 Å². The number of halogens is 2. The number of aromatic nitrogens is 2. The van der Waals surface area contributed by atoms with Crippen LogP contribution >= 0.6 is 23.2 Å². The highest BCUT2D eigenvalue weighted by Gasteiger charge is 2.30. The lowest BCUT2D eigenvalue weighted by molar-refractivity contribution is -0.152. The largest absolute Gasteiger partial charge is 0.459 e. The van der Waals surface area contributed by atoms with Crippen molar-refractivity contribution in [3.63, 3.8) is 0 Å². The summed E-state index contributed by atoms with van der Waals surface area (Å²) < 4.78 is 35.0. The first kappa shape index (κ1) is 25.8. The van der Waals surface area contributed by atoms with Crippen molar-refractivity contribution in [3.8, 4) is 0 Å². The van der Waals surface area contributed by atoms with Crippen molar-refractivity contribution in [2.75, 3.05) is 17.9 Å². The molecule has 3 aromatic rings. The Bertz CT molecular complexity index is 1360. The van der Waals surface area contributed by atoms with Gasteiger partial charge in [-0.3, -0.25) is 18.6 Å². The van der Waals surface area contributed by atoms with Crippen LogP contribution in [0, 0.1) is 0 Å². The monoisotopic (exact) mass is 526 g/mol. The van der Waals surface area contributed by atoms with E-state index < -0.39 is 28.1 Å². The zero-order valence-corrected chi connectivity index (χ0v) is 21.5. The maximum atomic E-state index is 13.6. The van der Waals surface area contributed by atoms with Crippen molar-refractivity contribution in [3.05, 3.63) is 52.1 Å². The van der Waals surface area contributed by atoms with Gasteiger partial charge >= 0.3 is 5.97 Å². The molecule has 0 spiro atoms. The Hall–Kier alpha value is -2.82. The van der Waals surface area contributed by atoms with Crippen LogP contribution in [0.4, 0.5) is 5.69 Å². The Morgan fingerprint density at radius 1 is 1.12 bits per heavy atom. The quantitative estimate of drug-likeness (QED) is 0.489. The second-order valence-corrected chi connectivity index (χ2v) is 11.2. The van der Waals surface area contributed by atoms with Gasteiger partial charge in [-0.05, 0) is 57.2 Å². The molecular weight excluding hydrogens is 503 g/mol. The van der Waals surface area contributed by atoms with Crippen molar-refractivity contribution in [2.45, 2.75) is 31.3 Å². The van der Waals surface area contributed by atoms with Gasteiger partial charge in [0.1, 0.15) is 12.1 Å². The topological polar surface area (TPSA) is 111 Å². The summed E-state index contributed by atoms with van der Waals surface area (Å²) in [5, 5.41) is 7.52. The summed E-state index contributed by atoms with van der Waals surface area (Å²) in [6.45, 7) is 4.45. The third-order valence-corrected chi connectivity index (χ3v) is 6.87. The molecule has 34 heavy (non-hydrogen) atoms. The maximum absolute atomic E-state index is 13.6. The smallest absolute Gasteiger partial charge is 0.327 e. The number of aryl methyl sites for hydroxylation is 1. The summed E-state index contributed by atoms with van der Waals surface area (Å²) in [7, 11) is -1.18. The highest BCUT2D eigenvalue weighted by Crippen LogP contribution is 2.31. The third-order valence-electron chi connectivity index (χ3n) is 4.68. The Morgan fingerprint density at radius 2 is 1.74 bits per heavy atom. The molecule has 0 bridgehead atoms. The van der Waals surface area contributed by atoms with Crippen molar-refractivity contribution in [1.29, 1.82) is 0 Å². The first-order chi connectivity index (χ1) is 15.7. The molecule has 1 amide bonds. The second-order valence-electron chi connectivity index (χ2n) is 8.46. The predicted octanol–water partition coefficient (Wildman–Crippen LogP) is 3.78. The van der Waals surface area contributed by atoms with Crippen LogP contribution in [0.1, 0.15) is 31.3 Å². The lowest BCUT2D eigenvalue weighted by Gasteiger charge is -2.26. The fourth-order valence-electron chi connectivity index (χ4n) is 3.30. The van der Waals surface area contributed by atoms with E-state index in [-0.39, 0.29) is 32.2 Å². The molecule has 0 aliphatic carbocycles. The number of nitrogens with zero attached hydrogens (tertiary/aromatic N) is 3. The van der Waals surface area contributed by atoms with Gasteiger partial charge in [-0.25, -0.2) is 8.42 Å². The van der Waals surface area contributed by atoms with Crippen molar-refractivity contribution in [2.24, 2.45) is 7.05 Å². The summed E-state index contributed by atoms with van der Waals surface area (Å²) in [6.07, 6.45) is 0. The van der Waals surface area contributed by atoms with Crippen molar-refractivity contribution < 1.29 is 22.7 Å². The van der Waals surface area contributed by atoms with Gasteiger partial charge in [-0.1, -0.05) is 23.2 Å². The zero-order valence-electron chi connectivity index (χ0n) is 19.2. The number of carbonyl (C=O) groups is 2. The number of benzene rings is 2. The predicted molar refractivity (Wildman–Crippen MR) is 131 cm³/mol. The molecule has 9 nitrogen and oxygen atoms in total. The minimum absolute atomic E-state index is 0.126. The van der Waals surface area contributed by atoms with Crippen molar-refractivity contribution >= 4 is 61.7 Å². The van der Waals surface area contributed by atoms with Crippen LogP contribution < -0.4 is 9.62 Å². The van der Waals surface area contributed by atoms with Gasteiger partial charge in [-0.2, -0.15) is 5.10 Å². The normalized spacial score (nSPS) is 12.0. The van der Waals surface area contributed by atoms with E-state index in [2.05, 4.69) is 10.4 Å². The molecule has 3 rings (SSSR count). The van der Waals surface area contributed by atoms with Gasteiger partial charge in [0.15, 0.2) is 5.69 Å². The van der Waals surface area contributed by atoms with E-state index >= 15 is 0 Å². The molecule has 12 heteroatoms. The summed E-state index contributed by atoms with van der Waals surface area (Å²) in [5.41, 5.74) is 0.0283. The maximum Gasteiger partial charge on any atom is 0.327 e. The Morgan fingerprint density at radius 3 is 2.29 bits per heavy atom. The number of sulfonamides is 1. The Balaban J connectivity index is 2.17. The number of hydrogen-bond acceptors (Lipinski definition) is 6. The molecule has 0 saturated heterocycles. The average molecular weight is 527 g/mol.